The molecule has 0 saturated heterocycles. The summed E-state index contributed by atoms with van der Waals surface area (Å²) in [4.78, 5) is 12.0. The highest BCUT2D eigenvalue weighted by Gasteiger charge is 2.14. The molecular weight excluding hydrogens is 348 g/mol. The molecular formula is C19H20N4O2S. The maximum atomic E-state index is 12.0. The second-order valence-corrected chi connectivity index (χ2v) is 7.04. The van der Waals surface area contributed by atoms with Crippen LogP contribution in [0.5, 0.6) is 0 Å². The molecule has 0 bridgehead atoms. The van der Waals surface area contributed by atoms with Crippen molar-refractivity contribution >= 4 is 17.7 Å². The van der Waals surface area contributed by atoms with Crippen LogP contribution in [0.4, 0.5) is 0 Å². The van der Waals surface area contributed by atoms with Crippen LogP contribution in [0, 0.1) is 20.8 Å². The number of carbonyl (C=O) groups is 1. The first-order chi connectivity index (χ1) is 12.5. The average Bonchev–Trinajstić information content (AvgIpc) is 3.08. The van der Waals surface area contributed by atoms with Crippen LogP contribution >= 0.6 is 11.8 Å². The molecule has 26 heavy (non-hydrogen) atoms. The van der Waals surface area contributed by atoms with E-state index in [0.717, 1.165) is 27.9 Å². The van der Waals surface area contributed by atoms with Gasteiger partial charge in [0.05, 0.1) is 11.4 Å². The van der Waals surface area contributed by atoms with Crippen LogP contribution < -0.4 is 0 Å². The third kappa shape index (κ3) is 4.49. The van der Waals surface area contributed by atoms with Crippen LogP contribution in [-0.4, -0.2) is 31.9 Å². The highest BCUT2D eigenvalue weighted by atomic mass is 32.2. The maximum absolute atomic E-state index is 12.0. The van der Waals surface area contributed by atoms with Crippen LogP contribution in [0.25, 0.3) is 5.69 Å². The Bertz CT molecular complexity index is 923. The van der Waals surface area contributed by atoms with E-state index in [0.29, 0.717) is 5.16 Å². The Balaban J connectivity index is 1.61. The quantitative estimate of drug-likeness (QED) is 0.490. The minimum absolute atomic E-state index is 0.150. The van der Waals surface area contributed by atoms with Gasteiger partial charge in [-0.15, -0.1) is 5.10 Å². The van der Waals surface area contributed by atoms with Crippen molar-refractivity contribution in [1.29, 1.82) is 0 Å². The molecule has 0 amide bonds. The van der Waals surface area contributed by atoms with Crippen LogP contribution in [0.15, 0.2) is 47.6 Å². The molecule has 1 heterocycles. The molecule has 6 nitrogen and oxygen atoms in total. The molecule has 0 aliphatic heterocycles. The fraction of sp³-hybridized carbons (Fsp3) is 0.263. The molecule has 1 aromatic heterocycles. The molecule has 0 fully saturated rings. The Hall–Kier alpha value is -2.67. The van der Waals surface area contributed by atoms with E-state index in [2.05, 4.69) is 15.5 Å². The number of benzene rings is 2. The summed E-state index contributed by atoms with van der Waals surface area (Å²) >= 11 is 1.26. The first-order valence-electron chi connectivity index (χ1n) is 8.23. The van der Waals surface area contributed by atoms with E-state index < -0.39 is 0 Å². The smallest absolute Gasteiger partial charge is 0.316 e. The number of thioether (sulfide) groups is 1. The first kappa shape index (κ1) is 18.1. The number of aryl methyl sites for hydroxylation is 3. The number of hydrogen-bond donors (Lipinski definition) is 0. The van der Waals surface area contributed by atoms with Crippen LogP contribution in [0.1, 0.15) is 22.3 Å². The van der Waals surface area contributed by atoms with Crippen molar-refractivity contribution in [2.24, 2.45) is 0 Å². The first-order valence-corrected chi connectivity index (χ1v) is 9.21. The monoisotopic (exact) mass is 368 g/mol. The zero-order chi connectivity index (χ0) is 18.5. The number of rotatable bonds is 6. The Labute approximate surface area is 156 Å². The van der Waals surface area contributed by atoms with Gasteiger partial charge in [-0.05, 0) is 54.0 Å². The van der Waals surface area contributed by atoms with Crippen molar-refractivity contribution in [2.75, 3.05) is 5.75 Å². The summed E-state index contributed by atoms with van der Waals surface area (Å²) in [5.74, 6) is -0.149. The third-order valence-corrected chi connectivity index (χ3v) is 4.73. The zero-order valence-corrected chi connectivity index (χ0v) is 15.8. The highest BCUT2D eigenvalue weighted by Crippen LogP contribution is 2.21. The summed E-state index contributed by atoms with van der Waals surface area (Å²) in [5.41, 5.74) is 5.20. The Morgan fingerprint density at radius 3 is 2.73 bits per heavy atom. The predicted molar refractivity (Wildman–Crippen MR) is 100 cm³/mol. The molecule has 0 aliphatic carbocycles. The molecule has 3 rings (SSSR count). The van der Waals surface area contributed by atoms with E-state index in [-0.39, 0.29) is 18.3 Å². The standard InChI is InChI=1S/C19H20N4O2S/c1-13-5-4-6-16(9-13)11-25-18(24)12-26-19-20-21-22-23(19)17-10-14(2)7-8-15(17)3/h4-10H,11-12H2,1-3H3. The van der Waals surface area contributed by atoms with Gasteiger partial charge in [0.2, 0.25) is 5.16 Å². The molecule has 0 atom stereocenters. The Kier molecular flexibility index (Phi) is 5.68. The number of carbonyl (C=O) groups excluding carboxylic acids is 1. The summed E-state index contributed by atoms with van der Waals surface area (Å²) < 4.78 is 6.99. The molecule has 134 valence electrons. The van der Waals surface area contributed by atoms with E-state index in [1.54, 1.807) is 4.68 Å². The SMILES string of the molecule is Cc1cccc(COC(=O)CSc2nnnn2-c2cc(C)ccc2C)c1. The van der Waals surface area contributed by atoms with Gasteiger partial charge in [0.15, 0.2) is 0 Å². The van der Waals surface area contributed by atoms with E-state index >= 15 is 0 Å². The molecule has 0 spiro atoms. The number of nitrogens with zero attached hydrogens (tertiary/aromatic N) is 4. The highest BCUT2D eigenvalue weighted by molar-refractivity contribution is 7.99. The average molecular weight is 368 g/mol. The van der Waals surface area contributed by atoms with Gasteiger partial charge < -0.3 is 4.74 Å². The molecule has 3 aromatic rings. The van der Waals surface area contributed by atoms with Gasteiger partial charge in [-0.1, -0.05) is 53.7 Å². The molecule has 0 aliphatic rings. The maximum Gasteiger partial charge on any atom is 0.316 e. The second-order valence-electron chi connectivity index (χ2n) is 6.10. The summed E-state index contributed by atoms with van der Waals surface area (Å²) in [7, 11) is 0. The summed E-state index contributed by atoms with van der Waals surface area (Å²) in [6.45, 7) is 6.29. The fourth-order valence-corrected chi connectivity index (χ4v) is 3.18. The zero-order valence-electron chi connectivity index (χ0n) is 15.0. The van der Waals surface area contributed by atoms with E-state index in [1.165, 1.54) is 11.8 Å². The Morgan fingerprint density at radius 2 is 1.92 bits per heavy atom. The molecule has 0 radical (unpaired) electrons. The molecule has 2 aromatic carbocycles. The predicted octanol–water partition coefficient (Wildman–Crippen LogP) is 3.42. The van der Waals surface area contributed by atoms with Crippen molar-refractivity contribution < 1.29 is 9.53 Å². The number of ether oxygens (including phenoxy) is 1. The minimum Gasteiger partial charge on any atom is -0.460 e. The van der Waals surface area contributed by atoms with Crippen molar-refractivity contribution in [2.45, 2.75) is 32.5 Å². The molecule has 0 unspecified atom stereocenters. The lowest BCUT2D eigenvalue weighted by atomic mass is 10.1. The largest absolute Gasteiger partial charge is 0.460 e. The lowest BCUT2D eigenvalue weighted by Crippen LogP contribution is -2.09. The number of aromatic nitrogens is 4. The van der Waals surface area contributed by atoms with Crippen molar-refractivity contribution in [1.82, 2.24) is 20.2 Å². The number of hydrogen-bond acceptors (Lipinski definition) is 6. The number of esters is 1. The van der Waals surface area contributed by atoms with E-state index in [9.17, 15) is 4.79 Å². The van der Waals surface area contributed by atoms with Gasteiger partial charge in [-0.2, -0.15) is 4.68 Å². The lowest BCUT2D eigenvalue weighted by molar-refractivity contribution is -0.141. The van der Waals surface area contributed by atoms with Crippen molar-refractivity contribution in [3.8, 4) is 5.69 Å². The van der Waals surface area contributed by atoms with Gasteiger partial charge >= 0.3 is 5.97 Å². The fourth-order valence-electron chi connectivity index (χ4n) is 2.50. The van der Waals surface area contributed by atoms with Gasteiger partial charge in [0, 0.05) is 0 Å². The van der Waals surface area contributed by atoms with Crippen LogP contribution in [0.3, 0.4) is 0 Å². The second kappa shape index (κ2) is 8.14. The van der Waals surface area contributed by atoms with Gasteiger partial charge in [0.25, 0.3) is 0 Å². The molecule has 0 saturated carbocycles. The minimum atomic E-state index is -0.299. The van der Waals surface area contributed by atoms with Gasteiger partial charge in [-0.3, -0.25) is 4.79 Å². The van der Waals surface area contributed by atoms with Crippen LogP contribution in [0.2, 0.25) is 0 Å². The molecule has 0 N–H and O–H groups in total. The summed E-state index contributed by atoms with van der Waals surface area (Å²) in [5, 5.41) is 12.4. The van der Waals surface area contributed by atoms with E-state index in [4.69, 9.17) is 4.74 Å². The van der Waals surface area contributed by atoms with Crippen LogP contribution in [-0.2, 0) is 16.1 Å². The summed E-state index contributed by atoms with van der Waals surface area (Å²) in [6.07, 6.45) is 0. The van der Waals surface area contributed by atoms with Crippen molar-refractivity contribution in [3.05, 3.63) is 64.7 Å². The van der Waals surface area contributed by atoms with E-state index in [1.807, 2.05) is 63.2 Å². The number of tetrazole rings is 1. The molecule has 7 heteroatoms. The normalized spacial score (nSPS) is 10.7. The Morgan fingerprint density at radius 1 is 1.12 bits per heavy atom. The third-order valence-electron chi connectivity index (χ3n) is 3.84. The van der Waals surface area contributed by atoms with Crippen molar-refractivity contribution in [3.63, 3.8) is 0 Å². The van der Waals surface area contributed by atoms with Gasteiger partial charge in [-0.25, -0.2) is 0 Å². The lowest BCUT2D eigenvalue weighted by Gasteiger charge is -2.09. The van der Waals surface area contributed by atoms with Gasteiger partial charge in [0.1, 0.15) is 6.61 Å². The summed E-state index contributed by atoms with van der Waals surface area (Å²) in [6, 6.07) is 14.0. The topological polar surface area (TPSA) is 69.9 Å².